The van der Waals surface area contributed by atoms with E-state index >= 15 is 0 Å². The normalized spacial score (nSPS) is 28.9. The molecule has 1 fully saturated rings. The van der Waals surface area contributed by atoms with Crippen LogP contribution in [0.25, 0.3) is 0 Å². The molecule has 3 nitrogen and oxygen atoms in total. The zero-order chi connectivity index (χ0) is 16.8. The molecule has 2 atom stereocenters. The molecule has 24 heavy (non-hydrogen) atoms. The van der Waals surface area contributed by atoms with Crippen molar-refractivity contribution >= 4 is 5.97 Å². The molecule has 1 aromatic rings. The van der Waals surface area contributed by atoms with Gasteiger partial charge in [-0.1, -0.05) is 48.6 Å². The van der Waals surface area contributed by atoms with E-state index in [1.807, 2.05) is 25.1 Å². The number of hydrogen-bond donors (Lipinski definition) is 0. The molecule has 1 aliphatic carbocycles. The predicted octanol–water partition coefficient (Wildman–Crippen LogP) is 4.53. The van der Waals surface area contributed by atoms with Crippen molar-refractivity contribution in [2.75, 3.05) is 13.2 Å². The Kier molecular flexibility index (Phi) is 5.65. The maximum atomic E-state index is 11.8. The second-order valence-electron chi connectivity index (χ2n) is 6.18. The molecule has 1 heterocycles. The fourth-order valence-corrected chi connectivity index (χ4v) is 3.32. The van der Waals surface area contributed by atoms with E-state index in [1.165, 1.54) is 11.1 Å². The molecule has 2 aliphatic rings. The Labute approximate surface area is 143 Å². The zero-order valence-corrected chi connectivity index (χ0v) is 14.1. The monoisotopic (exact) mass is 324 g/mol. The minimum atomic E-state index is -0.258. The van der Waals surface area contributed by atoms with E-state index in [-0.39, 0.29) is 18.0 Å². The van der Waals surface area contributed by atoms with E-state index in [0.717, 1.165) is 24.8 Å². The lowest BCUT2D eigenvalue weighted by atomic mass is 9.90. The van der Waals surface area contributed by atoms with Gasteiger partial charge in [-0.25, -0.2) is 4.79 Å². The lowest BCUT2D eigenvalue weighted by Crippen LogP contribution is -2.06. The first-order valence-corrected chi connectivity index (χ1v) is 8.69. The van der Waals surface area contributed by atoms with E-state index in [2.05, 4.69) is 30.4 Å². The summed E-state index contributed by atoms with van der Waals surface area (Å²) in [4.78, 5) is 11.8. The highest BCUT2D eigenvalue weighted by atomic mass is 16.5. The van der Waals surface area contributed by atoms with Gasteiger partial charge in [0, 0.05) is 12.0 Å². The molecule has 1 aliphatic heterocycles. The summed E-state index contributed by atoms with van der Waals surface area (Å²) < 4.78 is 11.1. The Morgan fingerprint density at radius 2 is 2.17 bits per heavy atom. The number of carbonyl (C=O) groups is 1. The lowest BCUT2D eigenvalue weighted by Gasteiger charge is -2.16. The van der Waals surface area contributed by atoms with Crippen molar-refractivity contribution in [2.24, 2.45) is 5.92 Å². The van der Waals surface area contributed by atoms with Crippen molar-refractivity contribution in [1.29, 1.82) is 0 Å². The summed E-state index contributed by atoms with van der Waals surface area (Å²) >= 11 is 0. The Balaban J connectivity index is 1.88. The van der Waals surface area contributed by atoms with Crippen molar-refractivity contribution in [3.63, 3.8) is 0 Å². The first-order valence-electron chi connectivity index (χ1n) is 8.69. The van der Waals surface area contributed by atoms with Crippen molar-refractivity contribution in [1.82, 2.24) is 0 Å². The summed E-state index contributed by atoms with van der Waals surface area (Å²) in [5.41, 5.74) is 3.47. The van der Waals surface area contributed by atoms with Crippen LogP contribution in [0.2, 0.25) is 0 Å². The van der Waals surface area contributed by atoms with Crippen LogP contribution in [-0.2, 0) is 14.3 Å². The molecule has 3 rings (SSSR count). The Morgan fingerprint density at radius 3 is 2.96 bits per heavy atom. The maximum absolute atomic E-state index is 11.8. The smallest absolute Gasteiger partial charge is 0.331 e. The van der Waals surface area contributed by atoms with E-state index in [1.54, 1.807) is 6.08 Å². The molecule has 2 unspecified atom stereocenters. The van der Waals surface area contributed by atoms with Crippen LogP contribution in [0.4, 0.5) is 0 Å². The largest absolute Gasteiger partial charge is 0.463 e. The molecular formula is C21H24O3. The second kappa shape index (κ2) is 8.11. The fraction of sp³-hybridized carbons (Fsp3) is 0.381. The lowest BCUT2D eigenvalue weighted by molar-refractivity contribution is -0.137. The quantitative estimate of drug-likeness (QED) is 0.465. The third kappa shape index (κ3) is 4.04. The van der Waals surface area contributed by atoms with Crippen molar-refractivity contribution < 1.29 is 14.3 Å². The van der Waals surface area contributed by atoms with Crippen LogP contribution in [0, 0.1) is 5.92 Å². The molecule has 0 spiro atoms. The molecule has 0 saturated carbocycles. The molecule has 126 valence electrons. The van der Waals surface area contributed by atoms with Crippen LogP contribution in [0.3, 0.4) is 0 Å². The summed E-state index contributed by atoms with van der Waals surface area (Å²) in [6.45, 7) is 2.84. The highest BCUT2D eigenvalue weighted by Gasteiger charge is 2.32. The summed E-state index contributed by atoms with van der Waals surface area (Å²) in [6, 6.07) is 10.3. The van der Waals surface area contributed by atoms with Gasteiger partial charge in [0.15, 0.2) is 0 Å². The van der Waals surface area contributed by atoms with Crippen LogP contribution in [0.1, 0.15) is 37.9 Å². The molecule has 0 radical (unpaired) electrons. The van der Waals surface area contributed by atoms with Crippen molar-refractivity contribution in [3.05, 3.63) is 71.3 Å². The third-order valence-corrected chi connectivity index (χ3v) is 4.45. The maximum Gasteiger partial charge on any atom is 0.331 e. The molecule has 3 heteroatoms. The molecule has 0 aromatic heterocycles. The van der Waals surface area contributed by atoms with E-state index in [4.69, 9.17) is 9.47 Å². The van der Waals surface area contributed by atoms with Gasteiger partial charge in [0.25, 0.3) is 0 Å². The van der Waals surface area contributed by atoms with Gasteiger partial charge in [0.2, 0.25) is 0 Å². The predicted molar refractivity (Wildman–Crippen MR) is 94.4 cm³/mol. The van der Waals surface area contributed by atoms with Gasteiger partial charge in [-0.3, -0.25) is 0 Å². The SMILES string of the molecule is CCOC(=O)/C=C1\C=C2\COC(c3ccccc3)C2/C=C\CCC1. The Hall–Kier alpha value is -2.13. The average molecular weight is 324 g/mol. The van der Waals surface area contributed by atoms with E-state index in [9.17, 15) is 4.79 Å². The van der Waals surface area contributed by atoms with Crippen molar-refractivity contribution in [3.8, 4) is 0 Å². The van der Waals surface area contributed by atoms with Crippen LogP contribution in [0.15, 0.2) is 65.8 Å². The van der Waals surface area contributed by atoms with Crippen LogP contribution in [-0.4, -0.2) is 19.2 Å². The summed E-state index contributed by atoms with van der Waals surface area (Å²) in [5.74, 6) is -0.0253. The average Bonchev–Trinajstić information content (AvgIpc) is 3.00. The molecule has 0 amide bonds. The number of hydrogen-bond acceptors (Lipinski definition) is 3. The molecule has 1 saturated heterocycles. The number of benzene rings is 1. The van der Waals surface area contributed by atoms with Crippen LogP contribution >= 0.6 is 0 Å². The first kappa shape index (κ1) is 16.7. The van der Waals surface area contributed by atoms with Gasteiger partial charge in [0.1, 0.15) is 0 Å². The van der Waals surface area contributed by atoms with Gasteiger partial charge in [-0.15, -0.1) is 0 Å². The van der Waals surface area contributed by atoms with Gasteiger partial charge >= 0.3 is 5.97 Å². The number of ether oxygens (including phenoxy) is 2. The highest BCUT2D eigenvalue weighted by molar-refractivity contribution is 5.83. The minimum absolute atomic E-state index is 0.0515. The fourth-order valence-electron chi connectivity index (χ4n) is 3.32. The highest BCUT2D eigenvalue weighted by Crippen LogP contribution is 2.40. The third-order valence-electron chi connectivity index (χ3n) is 4.45. The minimum Gasteiger partial charge on any atom is -0.463 e. The van der Waals surface area contributed by atoms with Gasteiger partial charge in [-0.2, -0.15) is 0 Å². The zero-order valence-electron chi connectivity index (χ0n) is 14.1. The van der Waals surface area contributed by atoms with Gasteiger partial charge < -0.3 is 9.47 Å². The summed E-state index contributed by atoms with van der Waals surface area (Å²) in [5, 5.41) is 0. The Bertz CT molecular complexity index is 655. The van der Waals surface area contributed by atoms with Crippen LogP contribution < -0.4 is 0 Å². The molecular weight excluding hydrogens is 300 g/mol. The molecule has 0 bridgehead atoms. The standard InChI is InChI=1S/C21H24O3/c1-2-23-20(22)14-16-9-5-3-8-12-19-18(13-16)15-24-21(19)17-10-6-4-7-11-17/h4,6-8,10-14,19,21H,2-3,5,9,15H2,1H3/b12-8-,16-14-,18-13-. The number of esters is 1. The van der Waals surface area contributed by atoms with E-state index < -0.39 is 0 Å². The van der Waals surface area contributed by atoms with Crippen LogP contribution in [0.5, 0.6) is 0 Å². The topological polar surface area (TPSA) is 35.5 Å². The molecule has 0 N–H and O–H groups in total. The number of fused-ring (bicyclic) bond motifs is 1. The van der Waals surface area contributed by atoms with Gasteiger partial charge in [0.05, 0.1) is 19.3 Å². The van der Waals surface area contributed by atoms with E-state index in [0.29, 0.717) is 13.2 Å². The first-order chi connectivity index (χ1) is 11.8. The molecule has 1 aromatic carbocycles. The van der Waals surface area contributed by atoms with Gasteiger partial charge in [-0.05, 0) is 42.9 Å². The second-order valence-corrected chi connectivity index (χ2v) is 6.18. The van der Waals surface area contributed by atoms with Crippen molar-refractivity contribution in [2.45, 2.75) is 32.3 Å². The summed E-state index contributed by atoms with van der Waals surface area (Å²) in [7, 11) is 0. The number of rotatable bonds is 3. The summed E-state index contributed by atoms with van der Waals surface area (Å²) in [6.07, 6.45) is 11.3. The number of carbonyl (C=O) groups excluding carboxylic acids is 1. The number of allylic oxidation sites excluding steroid dienone is 3. The Morgan fingerprint density at radius 1 is 1.33 bits per heavy atom.